The number of rotatable bonds is 38. The van der Waals surface area contributed by atoms with Crippen LogP contribution in [-0.2, 0) is 32.7 Å². The molecule has 0 aliphatic carbocycles. The Balaban J connectivity index is 4.19. The first-order chi connectivity index (χ1) is 24.3. The van der Waals surface area contributed by atoms with Crippen LogP contribution in [0, 0.1) is 0 Å². The van der Waals surface area contributed by atoms with Gasteiger partial charge in [0.2, 0.25) is 0 Å². The Morgan fingerprint density at radius 3 is 1.58 bits per heavy atom. The number of phosphoric acid groups is 1. The highest BCUT2D eigenvalue weighted by molar-refractivity contribution is 7.47. The van der Waals surface area contributed by atoms with Crippen LogP contribution in [0.25, 0.3) is 0 Å². The molecule has 0 radical (unpaired) electrons. The van der Waals surface area contributed by atoms with E-state index in [-0.39, 0.29) is 38.6 Å². The molecule has 2 atom stereocenters. The molecule has 0 saturated heterocycles. The number of ether oxygens (including phenoxy) is 2. The summed E-state index contributed by atoms with van der Waals surface area (Å²) in [6.07, 6.45) is 37.7. The second kappa shape index (κ2) is 37.3. The summed E-state index contributed by atoms with van der Waals surface area (Å²) in [6.45, 7) is 3.68. The first kappa shape index (κ1) is 48.5. The van der Waals surface area contributed by atoms with Gasteiger partial charge in [-0.05, 0) is 38.5 Å². The quantitative estimate of drug-likeness (QED) is 0.0275. The average molecular weight is 730 g/mol. The number of hydrogen-bond donors (Lipinski definition) is 2. The van der Waals surface area contributed by atoms with Crippen LogP contribution in [0.2, 0.25) is 0 Å². The van der Waals surface area contributed by atoms with E-state index < -0.39 is 26.5 Å². The Kier molecular flexibility index (Phi) is 36.1. The molecule has 0 spiro atoms. The average Bonchev–Trinajstić information content (AvgIpc) is 3.10. The molecule has 0 fully saturated rings. The Labute approximate surface area is 306 Å². The molecular weight excluding hydrogens is 653 g/mol. The molecule has 0 aromatic heterocycles. The molecule has 0 aromatic rings. The van der Waals surface area contributed by atoms with Crippen molar-refractivity contribution < 1.29 is 37.6 Å². The lowest BCUT2D eigenvalue weighted by atomic mass is 10.0. The first-order valence-electron chi connectivity index (χ1n) is 20.3. The van der Waals surface area contributed by atoms with E-state index >= 15 is 0 Å². The van der Waals surface area contributed by atoms with Gasteiger partial charge in [-0.15, -0.1) is 0 Å². The maximum atomic E-state index is 12.5. The zero-order valence-corrected chi connectivity index (χ0v) is 33.0. The highest BCUT2D eigenvalue weighted by Crippen LogP contribution is 2.43. The summed E-state index contributed by atoms with van der Waals surface area (Å²) in [5.74, 6) is -0.840. The minimum absolute atomic E-state index is 0.0523. The van der Waals surface area contributed by atoms with Gasteiger partial charge in [0.05, 0.1) is 13.2 Å². The predicted molar refractivity (Wildman–Crippen MR) is 206 cm³/mol. The monoisotopic (exact) mass is 730 g/mol. The first-order valence-corrected chi connectivity index (χ1v) is 21.8. The van der Waals surface area contributed by atoms with Gasteiger partial charge in [-0.1, -0.05) is 160 Å². The zero-order chi connectivity index (χ0) is 36.8. The van der Waals surface area contributed by atoms with Crippen LogP contribution >= 0.6 is 7.82 Å². The van der Waals surface area contributed by atoms with E-state index in [1.54, 1.807) is 0 Å². The van der Waals surface area contributed by atoms with Gasteiger partial charge >= 0.3 is 19.8 Å². The third-order valence-corrected chi connectivity index (χ3v) is 9.57. The van der Waals surface area contributed by atoms with E-state index in [0.29, 0.717) is 6.42 Å². The summed E-state index contributed by atoms with van der Waals surface area (Å²) in [5, 5.41) is 0. The smallest absolute Gasteiger partial charge is 0.462 e. The normalized spacial score (nSPS) is 13.6. The number of carbonyl (C=O) groups is 2. The summed E-state index contributed by atoms with van der Waals surface area (Å²) >= 11 is 0. The lowest BCUT2D eigenvalue weighted by Gasteiger charge is -2.19. The molecule has 1 unspecified atom stereocenters. The number of phosphoric ester groups is 1. The van der Waals surface area contributed by atoms with Crippen LogP contribution in [0.4, 0.5) is 0 Å². The van der Waals surface area contributed by atoms with E-state index in [1.165, 1.54) is 89.9 Å². The van der Waals surface area contributed by atoms with Gasteiger partial charge < -0.3 is 20.1 Å². The lowest BCUT2D eigenvalue weighted by molar-refractivity contribution is -0.161. The molecule has 0 rings (SSSR count). The van der Waals surface area contributed by atoms with E-state index in [1.807, 2.05) is 0 Å². The second-order valence-electron chi connectivity index (χ2n) is 13.5. The van der Waals surface area contributed by atoms with E-state index in [9.17, 15) is 19.0 Å². The molecule has 0 bridgehead atoms. The fourth-order valence-electron chi connectivity index (χ4n) is 5.53. The van der Waals surface area contributed by atoms with Gasteiger partial charge in [-0.3, -0.25) is 18.6 Å². The van der Waals surface area contributed by atoms with Gasteiger partial charge in [0.15, 0.2) is 6.10 Å². The molecule has 50 heavy (non-hydrogen) atoms. The van der Waals surface area contributed by atoms with Gasteiger partial charge in [0.25, 0.3) is 0 Å². The molecular formula is C40H76NO8P. The summed E-state index contributed by atoms with van der Waals surface area (Å²) < 4.78 is 32.7. The molecule has 10 heteroatoms. The molecule has 9 nitrogen and oxygen atoms in total. The largest absolute Gasteiger partial charge is 0.472 e. The summed E-state index contributed by atoms with van der Waals surface area (Å²) in [4.78, 5) is 34.8. The molecule has 0 saturated carbocycles. The Hall–Kier alpha value is -1.51. The second-order valence-corrected chi connectivity index (χ2v) is 15.0. The van der Waals surface area contributed by atoms with Gasteiger partial charge in [-0.25, -0.2) is 4.57 Å². The number of nitrogens with two attached hydrogens (primary N) is 1. The third kappa shape index (κ3) is 36.3. The lowest BCUT2D eigenvalue weighted by Crippen LogP contribution is -2.29. The van der Waals surface area contributed by atoms with Gasteiger partial charge in [0.1, 0.15) is 6.61 Å². The topological polar surface area (TPSA) is 134 Å². The van der Waals surface area contributed by atoms with E-state index in [0.717, 1.165) is 64.2 Å². The summed E-state index contributed by atoms with van der Waals surface area (Å²) in [6, 6.07) is 0. The van der Waals surface area contributed by atoms with Crippen molar-refractivity contribution in [1.82, 2.24) is 0 Å². The predicted octanol–water partition coefficient (Wildman–Crippen LogP) is 11.2. The van der Waals surface area contributed by atoms with Gasteiger partial charge in [0, 0.05) is 19.4 Å². The van der Waals surface area contributed by atoms with Crippen molar-refractivity contribution in [2.45, 2.75) is 193 Å². The van der Waals surface area contributed by atoms with Crippen LogP contribution in [0.1, 0.15) is 187 Å². The fourth-order valence-corrected chi connectivity index (χ4v) is 6.30. The molecule has 0 aliphatic heterocycles. The van der Waals surface area contributed by atoms with Crippen molar-refractivity contribution in [2.24, 2.45) is 5.73 Å². The Bertz CT molecular complexity index is 881. The van der Waals surface area contributed by atoms with E-state index in [4.69, 9.17) is 24.3 Å². The minimum Gasteiger partial charge on any atom is -0.462 e. The van der Waals surface area contributed by atoms with Crippen LogP contribution in [0.5, 0.6) is 0 Å². The Morgan fingerprint density at radius 2 is 1.06 bits per heavy atom. The number of unbranched alkanes of at least 4 members (excludes halogenated alkanes) is 21. The fraction of sp³-hybridized carbons (Fsp3) is 0.850. The van der Waals surface area contributed by atoms with Crippen molar-refractivity contribution >= 4 is 19.8 Å². The standard InChI is InChI=1S/C40H76NO8P/c1-3-5-7-9-11-13-15-17-19-21-22-24-26-28-30-32-39(42)46-36-38(37-48-50(44,45)47-35-34-41)49-40(43)33-31-29-27-25-23-20-18-16-14-12-10-8-6-4-2/h10,12,16,18,38H,3-9,11,13-15,17,19-37,41H2,1-2H3,(H,44,45)/b12-10-,18-16-/t38-/m1/s1. The molecule has 0 aromatic carbocycles. The summed E-state index contributed by atoms with van der Waals surface area (Å²) in [5.41, 5.74) is 5.34. The van der Waals surface area contributed by atoms with Crippen molar-refractivity contribution in [2.75, 3.05) is 26.4 Å². The number of carbonyl (C=O) groups excluding carboxylic acids is 2. The SMILES string of the molecule is CCCC/C=C\C/C=C\CCCCCCCC(=O)O[C@H](COC(=O)CCCCCCCCCCCCCCCCC)COP(=O)(O)OCCN. The molecule has 0 amide bonds. The molecule has 3 N–H and O–H groups in total. The van der Waals surface area contributed by atoms with E-state index in [2.05, 4.69) is 38.2 Å². The highest BCUT2D eigenvalue weighted by atomic mass is 31.2. The number of esters is 2. The van der Waals surface area contributed by atoms with Crippen molar-refractivity contribution in [3.05, 3.63) is 24.3 Å². The van der Waals surface area contributed by atoms with Crippen LogP contribution in [0.3, 0.4) is 0 Å². The maximum Gasteiger partial charge on any atom is 0.472 e. The van der Waals surface area contributed by atoms with Gasteiger partial charge in [-0.2, -0.15) is 0 Å². The van der Waals surface area contributed by atoms with Crippen molar-refractivity contribution in [3.63, 3.8) is 0 Å². The minimum atomic E-state index is -4.37. The number of allylic oxidation sites excluding steroid dienone is 4. The maximum absolute atomic E-state index is 12.5. The molecule has 0 heterocycles. The van der Waals surface area contributed by atoms with Crippen LogP contribution in [0.15, 0.2) is 24.3 Å². The summed E-state index contributed by atoms with van der Waals surface area (Å²) in [7, 11) is -4.37. The highest BCUT2D eigenvalue weighted by Gasteiger charge is 2.26. The number of hydrogen-bond acceptors (Lipinski definition) is 8. The molecule has 294 valence electrons. The van der Waals surface area contributed by atoms with Crippen LogP contribution in [-0.4, -0.2) is 49.3 Å². The van der Waals surface area contributed by atoms with Crippen molar-refractivity contribution in [1.29, 1.82) is 0 Å². The van der Waals surface area contributed by atoms with Crippen molar-refractivity contribution in [3.8, 4) is 0 Å². The zero-order valence-electron chi connectivity index (χ0n) is 32.1. The Morgan fingerprint density at radius 1 is 0.600 bits per heavy atom. The third-order valence-electron chi connectivity index (χ3n) is 8.59. The van der Waals surface area contributed by atoms with Crippen LogP contribution < -0.4 is 5.73 Å². The molecule has 0 aliphatic rings.